The Balaban J connectivity index is 1.62. The van der Waals surface area contributed by atoms with Gasteiger partial charge in [0.05, 0.1) is 17.1 Å². The lowest BCUT2D eigenvalue weighted by atomic mass is 9.99. The van der Waals surface area contributed by atoms with Gasteiger partial charge < -0.3 is 4.98 Å². The number of imidazole rings is 1. The first-order valence-corrected chi connectivity index (χ1v) is 9.05. The zero-order chi connectivity index (χ0) is 17.4. The molecular weight excluding hydrogens is 313 g/mol. The quantitative estimate of drug-likeness (QED) is 0.725. The van der Waals surface area contributed by atoms with Crippen LogP contribution in [-0.4, -0.2) is 21.4 Å². The molecule has 25 heavy (non-hydrogen) atoms. The summed E-state index contributed by atoms with van der Waals surface area (Å²) in [5.74, 6) is 0.738. The topological polar surface area (TPSA) is 31.9 Å². The van der Waals surface area contributed by atoms with Gasteiger partial charge in [0, 0.05) is 6.54 Å². The molecule has 0 saturated carbocycles. The van der Waals surface area contributed by atoms with Crippen LogP contribution in [0.4, 0.5) is 4.39 Å². The van der Waals surface area contributed by atoms with Crippen LogP contribution in [0.5, 0.6) is 0 Å². The number of hydrogen-bond acceptors (Lipinski definition) is 2. The largest absolute Gasteiger partial charge is 0.341 e. The van der Waals surface area contributed by atoms with Crippen molar-refractivity contribution < 1.29 is 4.39 Å². The average molecular weight is 337 g/mol. The number of nitrogens with one attached hydrogen (secondary N) is 1. The first kappa shape index (κ1) is 16.3. The zero-order valence-corrected chi connectivity index (χ0v) is 14.8. The third kappa shape index (κ3) is 3.31. The normalized spacial score (nSPS) is 18.8. The SMILES string of the molecule is Cc1ccc(CN2CCCCC2c2nc3ccc(F)cc3[nH]2)cc1C. The number of aryl methyl sites for hydroxylation is 2. The molecule has 3 aromatic rings. The maximum absolute atomic E-state index is 13.5. The molecule has 1 aromatic heterocycles. The van der Waals surface area contributed by atoms with Gasteiger partial charge in [-0.15, -0.1) is 0 Å². The highest BCUT2D eigenvalue weighted by Crippen LogP contribution is 2.32. The highest BCUT2D eigenvalue weighted by atomic mass is 19.1. The van der Waals surface area contributed by atoms with Crippen molar-refractivity contribution in [2.24, 2.45) is 0 Å². The van der Waals surface area contributed by atoms with Crippen molar-refractivity contribution in [2.75, 3.05) is 6.54 Å². The van der Waals surface area contributed by atoms with E-state index in [2.05, 4.69) is 41.9 Å². The minimum atomic E-state index is -0.224. The van der Waals surface area contributed by atoms with Gasteiger partial charge in [-0.2, -0.15) is 0 Å². The Morgan fingerprint density at radius 2 is 2.00 bits per heavy atom. The number of H-pyrrole nitrogens is 1. The second-order valence-electron chi connectivity index (χ2n) is 7.18. The molecule has 3 nitrogen and oxygen atoms in total. The van der Waals surface area contributed by atoms with Crippen molar-refractivity contribution in [3.8, 4) is 0 Å². The number of likely N-dealkylation sites (tertiary alicyclic amines) is 1. The van der Waals surface area contributed by atoms with Crippen LogP contribution in [0.25, 0.3) is 11.0 Å². The molecule has 1 unspecified atom stereocenters. The minimum absolute atomic E-state index is 0.224. The lowest BCUT2D eigenvalue weighted by Crippen LogP contribution is -2.33. The molecule has 1 atom stereocenters. The van der Waals surface area contributed by atoms with Crippen molar-refractivity contribution >= 4 is 11.0 Å². The molecule has 0 spiro atoms. The van der Waals surface area contributed by atoms with E-state index in [1.54, 1.807) is 6.07 Å². The summed E-state index contributed by atoms with van der Waals surface area (Å²) in [6.45, 7) is 6.32. The van der Waals surface area contributed by atoms with Crippen molar-refractivity contribution in [1.82, 2.24) is 14.9 Å². The van der Waals surface area contributed by atoms with Crippen LogP contribution in [0.3, 0.4) is 0 Å². The molecule has 1 aliphatic rings. The third-order valence-electron chi connectivity index (χ3n) is 5.35. The molecule has 4 rings (SSSR count). The summed E-state index contributed by atoms with van der Waals surface area (Å²) >= 11 is 0. The van der Waals surface area contributed by atoms with Gasteiger partial charge in [-0.1, -0.05) is 24.6 Å². The van der Waals surface area contributed by atoms with Crippen molar-refractivity contribution in [3.05, 3.63) is 64.7 Å². The molecule has 1 aliphatic heterocycles. The number of fused-ring (bicyclic) bond motifs is 1. The van der Waals surface area contributed by atoms with Crippen molar-refractivity contribution in [3.63, 3.8) is 0 Å². The van der Waals surface area contributed by atoms with E-state index in [9.17, 15) is 4.39 Å². The van der Waals surface area contributed by atoms with Gasteiger partial charge in [0.15, 0.2) is 0 Å². The molecule has 0 aliphatic carbocycles. The summed E-state index contributed by atoms with van der Waals surface area (Å²) in [7, 11) is 0. The Hall–Kier alpha value is -2.20. The fourth-order valence-corrected chi connectivity index (χ4v) is 3.79. The first-order chi connectivity index (χ1) is 12.1. The molecule has 1 fully saturated rings. The molecule has 4 heteroatoms. The van der Waals surface area contributed by atoms with E-state index in [4.69, 9.17) is 4.98 Å². The van der Waals surface area contributed by atoms with Gasteiger partial charge in [-0.25, -0.2) is 9.37 Å². The predicted molar refractivity (Wildman–Crippen MR) is 99.0 cm³/mol. The van der Waals surface area contributed by atoms with Gasteiger partial charge in [0.1, 0.15) is 11.6 Å². The van der Waals surface area contributed by atoms with E-state index in [0.29, 0.717) is 0 Å². The Morgan fingerprint density at radius 1 is 1.12 bits per heavy atom. The minimum Gasteiger partial charge on any atom is -0.341 e. The summed E-state index contributed by atoms with van der Waals surface area (Å²) in [6.07, 6.45) is 3.52. The van der Waals surface area contributed by atoms with E-state index < -0.39 is 0 Å². The lowest BCUT2D eigenvalue weighted by molar-refractivity contribution is 0.134. The predicted octanol–water partition coefficient (Wildman–Crippen LogP) is 5.05. The molecule has 1 N–H and O–H groups in total. The molecule has 0 amide bonds. The van der Waals surface area contributed by atoms with Gasteiger partial charge in [0.2, 0.25) is 0 Å². The Kier molecular flexibility index (Phi) is 4.30. The third-order valence-corrected chi connectivity index (χ3v) is 5.35. The number of piperidine rings is 1. The number of aromatic nitrogens is 2. The summed E-state index contributed by atoms with van der Waals surface area (Å²) in [5, 5.41) is 0. The fraction of sp³-hybridized carbons (Fsp3) is 0.381. The van der Waals surface area contributed by atoms with Crippen molar-refractivity contribution in [2.45, 2.75) is 45.7 Å². The Labute approximate surface area is 147 Å². The summed E-state index contributed by atoms with van der Waals surface area (Å²) in [4.78, 5) is 10.6. The lowest BCUT2D eigenvalue weighted by Gasteiger charge is -2.34. The van der Waals surface area contributed by atoms with Crippen LogP contribution in [0, 0.1) is 19.7 Å². The Morgan fingerprint density at radius 3 is 2.84 bits per heavy atom. The molecule has 0 radical (unpaired) electrons. The van der Waals surface area contributed by atoms with Crippen LogP contribution in [0.1, 0.15) is 47.8 Å². The van der Waals surface area contributed by atoms with Gasteiger partial charge in [-0.3, -0.25) is 4.90 Å². The molecular formula is C21H24FN3. The van der Waals surface area contributed by atoms with E-state index >= 15 is 0 Å². The standard InChI is InChI=1S/C21H24FN3/c1-14-6-7-16(11-15(14)2)13-25-10-4-3-5-20(25)21-23-18-9-8-17(22)12-19(18)24-21/h6-9,11-12,20H,3-5,10,13H2,1-2H3,(H,23,24). The second kappa shape index (κ2) is 6.60. The number of rotatable bonds is 3. The summed E-state index contributed by atoms with van der Waals surface area (Å²) in [5.41, 5.74) is 5.64. The van der Waals surface area contributed by atoms with E-state index in [1.807, 2.05) is 0 Å². The molecule has 0 bridgehead atoms. The smallest absolute Gasteiger partial charge is 0.125 e. The number of aromatic amines is 1. The number of hydrogen-bond donors (Lipinski definition) is 1. The number of nitrogens with zero attached hydrogens (tertiary/aromatic N) is 2. The average Bonchev–Trinajstić information content (AvgIpc) is 3.01. The highest BCUT2D eigenvalue weighted by molar-refractivity contribution is 5.75. The Bertz CT molecular complexity index is 899. The second-order valence-corrected chi connectivity index (χ2v) is 7.18. The van der Waals surface area contributed by atoms with E-state index in [-0.39, 0.29) is 11.9 Å². The van der Waals surface area contributed by atoms with Gasteiger partial charge >= 0.3 is 0 Å². The summed E-state index contributed by atoms with van der Waals surface area (Å²) < 4.78 is 13.5. The van der Waals surface area contributed by atoms with Crippen molar-refractivity contribution in [1.29, 1.82) is 0 Å². The van der Waals surface area contributed by atoms with Crippen LogP contribution in [0.2, 0.25) is 0 Å². The van der Waals surface area contributed by atoms with Crippen LogP contribution in [0.15, 0.2) is 36.4 Å². The van der Waals surface area contributed by atoms with Gasteiger partial charge in [-0.05, 0) is 68.1 Å². The highest BCUT2D eigenvalue weighted by Gasteiger charge is 2.26. The monoisotopic (exact) mass is 337 g/mol. The molecule has 1 saturated heterocycles. The zero-order valence-electron chi connectivity index (χ0n) is 14.8. The fourth-order valence-electron chi connectivity index (χ4n) is 3.79. The number of benzene rings is 2. The van der Waals surface area contributed by atoms with Crippen LogP contribution < -0.4 is 0 Å². The molecule has 2 aromatic carbocycles. The molecule has 2 heterocycles. The van der Waals surface area contributed by atoms with Gasteiger partial charge in [0.25, 0.3) is 0 Å². The van der Waals surface area contributed by atoms with E-state index in [1.165, 1.54) is 41.7 Å². The maximum Gasteiger partial charge on any atom is 0.125 e. The summed E-state index contributed by atoms with van der Waals surface area (Å²) in [6, 6.07) is 11.7. The van der Waals surface area contributed by atoms with Crippen LogP contribution >= 0.6 is 0 Å². The van der Waals surface area contributed by atoms with Crippen LogP contribution in [-0.2, 0) is 6.54 Å². The molecule has 130 valence electrons. The first-order valence-electron chi connectivity index (χ1n) is 9.05. The van der Waals surface area contributed by atoms with E-state index in [0.717, 1.165) is 36.4 Å². The maximum atomic E-state index is 13.5. The number of halogens is 1.